The summed E-state index contributed by atoms with van der Waals surface area (Å²) in [5.41, 5.74) is 0.315. The van der Waals surface area contributed by atoms with Crippen LogP contribution in [0.2, 0.25) is 0 Å². The van der Waals surface area contributed by atoms with Crippen LogP contribution in [0, 0.1) is 5.92 Å². The summed E-state index contributed by atoms with van der Waals surface area (Å²) in [6.07, 6.45) is -3.14. The second-order valence-corrected chi connectivity index (χ2v) is 7.41. The van der Waals surface area contributed by atoms with E-state index in [1.165, 1.54) is 12.1 Å². The number of hydrogen-bond acceptors (Lipinski definition) is 3. The van der Waals surface area contributed by atoms with E-state index in [0.29, 0.717) is 31.6 Å². The number of nitrogens with one attached hydrogen (secondary N) is 2. The van der Waals surface area contributed by atoms with Gasteiger partial charge in [0.25, 0.3) is 0 Å². The first-order chi connectivity index (χ1) is 14.2. The van der Waals surface area contributed by atoms with E-state index in [0.717, 1.165) is 17.8 Å². The molecule has 1 aliphatic heterocycles. The third-order valence-corrected chi connectivity index (χ3v) is 5.35. The van der Waals surface area contributed by atoms with E-state index >= 15 is 0 Å². The average molecular weight is 419 g/mol. The summed E-state index contributed by atoms with van der Waals surface area (Å²) in [5.74, 6) is -0.434. The lowest BCUT2D eigenvalue weighted by molar-refractivity contribution is -0.137. The maximum absolute atomic E-state index is 12.6. The average Bonchev–Trinajstić information content (AvgIpc) is 2.73. The van der Waals surface area contributed by atoms with Crippen LogP contribution in [0.1, 0.15) is 25.3 Å². The minimum Gasteiger partial charge on any atom is -0.326 e. The molecule has 2 N–H and O–H groups in total. The molecule has 0 saturated carbocycles. The molecule has 5 nitrogen and oxygen atoms in total. The lowest BCUT2D eigenvalue weighted by Gasteiger charge is -2.34. The first kappa shape index (κ1) is 21.8. The first-order valence-electron chi connectivity index (χ1n) is 9.82. The van der Waals surface area contributed by atoms with Crippen LogP contribution in [0.5, 0.6) is 0 Å². The van der Waals surface area contributed by atoms with Gasteiger partial charge >= 0.3 is 6.18 Å². The Morgan fingerprint density at radius 3 is 2.07 bits per heavy atom. The summed E-state index contributed by atoms with van der Waals surface area (Å²) in [6.45, 7) is 2.94. The third kappa shape index (κ3) is 5.60. The van der Waals surface area contributed by atoms with Gasteiger partial charge in [0.2, 0.25) is 11.8 Å². The summed E-state index contributed by atoms with van der Waals surface area (Å²) in [5, 5.41) is 5.57. The molecule has 2 aromatic carbocycles. The highest BCUT2D eigenvalue weighted by molar-refractivity contribution is 5.95. The van der Waals surface area contributed by atoms with Crippen molar-refractivity contribution in [2.75, 3.05) is 23.7 Å². The second kappa shape index (κ2) is 9.30. The molecule has 0 aromatic heterocycles. The predicted octanol–water partition coefficient (Wildman–Crippen LogP) is 4.38. The van der Waals surface area contributed by atoms with Crippen LogP contribution >= 0.6 is 0 Å². The Hall–Kier alpha value is -2.87. The Morgan fingerprint density at radius 2 is 1.50 bits per heavy atom. The van der Waals surface area contributed by atoms with Crippen molar-refractivity contribution in [2.45, 2.75) is 32.0 Å². The van der Waals surface area contributed by atoms with Crippen LogP contribution in [0.4, 0.5) is 24.5 Å². The van der Waals surface area contributed by atoms with Gasteiger partial charge < -0.3 is 10.6 Å². The standard InChI is InChI=1S/C22H24F3N3O2/c1-15(20(29)26-19-9-7-17(8-10-19)22(23,24)25)28-13-11-16(12-14-28)21(30)27-18-5-3-2-4-6-18/h2-10,15-16H,11-14H2,1H3,(H,26,29)(H,27,30)/t15-/m0/s1. The molecule has 0 bridgehead atoms. The van der Waals surface area contributed by atoms with Crippen LogP contribution in [0.3, 0.4) is 0 Å². The van der Waals surface area contributed by atoms with Gasteiger partial charge in [0.1, 0.15) is 0 Å². The first-order valence-corrected chi connectivity index (χ1v) is 9.82. The van der Waals surface area contributed by atoms with Gasteiger partial charge in [-0.05, 0) is 69.3 Å². The number of anilines is 2. The van der Waals surface area contributed by atoms with Gasteiger partial charge in [-0.3, -0.25) is 14.5 Å². The topological polar surface area (TPSA) is 61.4 Å². The monoisotopic (exact) mass is 419 g/mol. The number of piperidine rings is 1. The molecule has 2 amide bonds. The van der Waals surface area contributed by atoms with Crippen molar-refractivity contribution in [3.05, 3.63) is 60.2 Å². The van der Waals surface area contributed by atoms with Gasteiger partial charge in [0.05, 0.1) is 11.6 Å². The van der Waals surface area contributed by atoms with Crippen molar-refractivity contribution in [1.29, 1.82) is 0 Å². The SMILES string of the molecule is C[C@@H](C(=O)Nc1ccc(C(F)(F)F)cc1)N1CCC(C(=O)Nc2ccccc2)CC1. The molecule has 1 fully saturated rings. The molecule has 1 aliphatic rings. The number of likely N-dealkylation sites (tertiary alicyclic amines) is 1. The van der Waals surface area contributed by atoms with E-state index in [1.807, 2.05) is 35.2 Å². The van der Waals surface area contributed by atoms with Gasteiger partial charge in [-0.1, -0.05) is 18.2 Å². The molecule has 2 aromatic rings. The number of halogens is 3. The molecule has 0 aliphatic carbocycles. The number of para-hydroxylation sites is 1. The molecular formula is C22H24F3N3O2. The Kier molecular flexibility index (Phi) is 6.77. The molecule has 0 radical (unpaired) electrons. The molecule has 0 spiro atoms. The highest BCUT2D eigenvalue weighted by Crippen LogP contribution is 2.30. The van der Waals surface area contributed by atoms with Crippen LogP contribution in [0.25, 0.3) is 0 Å². The van der Waals surface area contributed by atoms with E-state index in [-0.39, 0.29) is 17.7 Å². The summed E-state index contributed by atoms with van der Waals surface area (Å²) < 4.78 is 37.9. The van der Waals surface area contributed by atoms with E-state index in [9.17, 15) is 22.8 Å². The normalized spacial score (nSPS) is 16.7. The Labute approximate surface area is 173 Å². The lowest BCUT2D eigenvalue weighted by Crippen LogP contribution is -2.47. The number of rotatable bonds is 5. The van der Waals surface area contributed by atoms with E-state index < -0.39 is 17.8 Å². The molecule has 8 heteroatoms. The van der Waals surface area contributed by atoms with Gasteiger partial charge in [-0.25, -0.2) is 0 Å². The number of carbonyl (C=O) groups excluding carboxylic acids is 2. The van der Waals surface area contributed by atoms with Crippen LogP contribution in [-0.4, -0.2) is 35.8 Å². The van der Waals surface area contributed by atoms with Gasteiger partial charge in [0.15, 0.2) is 0 Å². The molecule has 0 unspecified atom stereocenters. The Bertz CT molecular complexity index is 861. The zero-order valence-electron chi connectivity index (χ0n) is 16.6. The fourth-order valence-corrected chi connectivity index (χ4v) is 3.47. The zero-order chi connectivity index (χ0) is 21.7. The van der Waals surface area contributed by atoms with Crippen LogP contribution in [-0.2, 0) is 15.8 Å². The molecular weight excluding hydrogens is 395 g/mol. The van der Waals surface area contributed by atoms with E-state index in [2.05, 4.69) is 10.6 Å². The fraction of sp³-hybridized carbons (Fsp3) is 0.364. The van der Waals surface area contributed by atoms with Crippen molar-refractivity contribution >= 4 is 23.2 Å². The number of benzene rings is 2. The van der Waals surface area contributed by atoms with Crippen LogP contribution in [0.15, 0.2) is 54.6 Å². The number of nitrogens with zero attached hydrogens (tertiary/aromatic N) is 1. The largest absolute Gasteiger partial charge is 0.416 e. The Balaban J connectivity index is 1.49. The fourth-order valence-electron chi connectivity index (χ4n) is 3.47. The van der Waals surface area contributed by atoms with E-state index in [4.69, 9.17) is 0 Å². The molecule has 1 saturated heterocycles. The molecule has 3 rings (SSSR count). The summed E-state index contributed by atoms with van der Waals surface area (Å²) >= 11 is 0. The minimum absolute atomic E-state index is 0.0253. The predicted molar refractivity (Wildman–Crippen MR) is 109 cm³/mol. The molecule has 1 atom stereocenters. The van der Waals surface area contributed by atoms with Gasteiger partial charge in [0, 0.05) is 17.3 Å². The molecule has 1 heterocycles. The van der Waals surface area contributed by atoms with Crippen molar-refractivity contribution in [3.8, 4) is 0 Å². The van der Waals surface area contributed by atoms with Crippen molar-refractivity contribution in [2.24, 2.45) is 5.92 Å². The highest BCUT2D eigenvalue weighted by atomic mass is 19.4. The van der Waals surface area contributed by atoms with Crippen molar-refractivity contribution < 1.29 is 22.8 Å². The second-order valence-electron chi connectivity index (χ2n) is 7.41. The summed E-state index contributed by atoms with van der Waals surface area (Å²) in [6, 6.07) is 13.2. The van der Waals surface area contributed by atoms with E-state index in [1.54, 1.807) is 6.92 Å². The molecule has 160 valence electrons. The maximum Gasteiger partial charge on any atom is 0.416 e. The number of alkyl halides is 3. The lowest BCUT2D eigenvalue weighted by atomic mass is 9.94. The van der Waals surface area contributed by atoms with Crippen molar-refractivity contribution in [1.82, 2.24) is 4.90 Å². The van der Waals surface area contributed by atoms with Crippen LogP contribution < -0.4 is 10.6 Å². The highest BCUT2D eigenvalue weighted by Gasteiger charge is 2.31. The third-order valence-electron chi connectivity index (χ3n) is 5.35. The quantitative estimate of drug-likeness (QED) is 0.756. The molecule has 30 heavy (non-hydrogen) atoms. The smallest absolute Gasteiger partial charge is 0.326 e. The zero-order valence-corrected chi connectivity index (χ0v) is 16.6. The maximum atomic E-state index is 12.6. The number of amides is 2. The summed E-state index contributed by atoms with van der Waals surface area (Å²) in [7, 11) is 0. The number of carbonyl (C=O) groups is 2. The number of hydrogen-bond donors (Lipinski definition) is 2. The Morgan fingerprint density at radius 1 is 0.933 bits per heavy atom. The van der Waals surface area contributed by atoms with Gasteiger partial charge in [-0.15, -0.1) is 0 Å². The van der Waals surface area contributed by atoms with Crippen molar-refractivity contribution in [3.63, 3.8) is 0 Å². The minimum atomic E-state index is -4.41. The van der Waals surface area contributed by atoms with Gasteiger partial charge in [-0.2, -0.15) is 13.2 Å². The summed E-state index contributed by atoms with van der Waals surface area (Å²) in [4.78, 5) is 26.9.